The third-order valence-electron chi connectivity index (χ3n) is 4.77. The number of piperazine rings is 1. The Hall–Kier alpha value is -2.38. The minimum atomic E-state index is 0.284. The molecule has 0 unspecified atom stereocenters. The molecule has 2 aliphatic rings. The highest BCUT2D eigenvalue weighted by molar-refractivity contribution is 7.98. The zero-order valence-corrected chi connectivity index (χ0v) is 15.1. The van der Waals surface area contributed by atoms with E-state index in [0.717, 1.165) is 59.6 Å². The van der Waals surface area contributed by atoms with Crippen molar-refractivity contribution in [1.29, 1.82) is 0 Å². The Morgan fingerprint density at radius 2 is 1.88 bits per heavy atom. The maximum atomic E-state index is 5.44. The summed E-state index contributed by atoms with van der Waals surface area (Å²) in [5.74, 6) is 2.43. The fourth-order valence-corrected chi connectivity index (χ4v) is 4.32. The number of imidazole rings is 1. The summed E-state index contributed by atoms with van der Waals surface area (Å²) in [7, 11) is 0. The molecule has 1 aromatic heterocycles. The molecule has 0 amide bonds. The number of ether oxygens (including phenoxy) is 2. The lowest BCUT2D eigenvalue weighted by atomic mass is 10.1. The van der Waals surface area contributed by atoms with Gasteiger partial charge in [-0.2, -0.15) is 0 Å². The SMILES string of the molecule is c1ccc(N2CCNCC2)c(CSc2nc3cc4c(cc3[nH]2)OCO4)c1. The zero-order chi connectivity index (χ0) is 17.3. The molecule has 2 N–H and O–H groups in total. The molecule has 5 rings (SSSR count). The molecule has 0 aliphatic carbocycles. The van der Waals surface area contributed by atoms with Crippen LogP contribution < -0.4 is 19.7 Å². The molecule has 0 spiro atoms. The second-order valence-corrected chi connectivity index (χ2v) is 7.38. The molecule has 2 aromatic carbocycles. The van der Waals surface area contributed by atoms with E-state index in [9.17, 15) is 0 Å². The lowest BCUT2D eigenvalue weighted by Crippen LogP contribution is -2.43. The average molecular weight is 368 g/mol. The van der Waals surface area contributed by atoms with Gasteiger partial charge in [0.15, 0.2) is 16.7 Å². The molecule has 3 heterocycles. The Balaban J connectivity index is 1.35. The number of hydrogen-bond donors (Lipinski definition) is 2. The van der Waals surface area contributed by atoms with Crippen LogP contribution >= 0.6 is 11.8 Å². The van der Waals surface area contributed by atoms with Crippen LogP contribution in [0.3, 0.4) is 0 Å². The van der Waals surface area contributed by atoms with Crippen LogP contribution in [-0.2, 0) is 5.75 Å². The maximum Gasteiger partial charge on any atom is 0.231 e. The van der Waals surface area contributed by atoms with E-state index >= 15 is 0 Å². The van der Waals surface area contributed by atoms with Gasteiger partial charge < -0.3 is 24.7 Å². The van der Waals surface area contributed by atoms with E-state index in [2.05, 4.69) is 39.5 Å². The van der Waals surface area contributed by atoms with E-state index in [1.165, 1.54) is 11.3 Å². The maximum absolute atomic E-state index is 5.44. The van der Waals surface area contributed by atoms with Gasteiger partial charge in [-0.05, 0) is 11.6 Å². The van der Waals surface area contributed by atoms with E-state index < -0.39 is 0 Å². The molecule has 0 saturated carbocycles. The minimum Gasteiger partial charge on any atom is -0.454 e. The number of H-pyrrole nitrogens is 1. The number of aromatic nitrogens is 2. The molecule has 6 nitrogen and oxygen atoms in total. The number of benzene rings is 2. The van der Waals surface area contributed by atoms with Crippen LogP contribution in [0.4, 0.5) is 5.69 Å². The molecule has 3 aromatic rings. The van der Waals surface area contributed by atoms with Gasteiger partial charge in [0.1, 0.15) is 0 Å². The van der Waals surface area contributed by atoms with Crippen LogP contribution in [0.1, 0.15) is 5.56 Å². The lowest BCUT2D eigenvalue weighted by Gasteiger charge is -2.31. The normalized spacial score (nSPS) is 16.4. The fraction of sp³-hybridized carbons (Fsp3) is 0.316. The summed E-state index contributed by atoms with van der Waals surface area (Å²) < 4.78 is 10.9. The molecule has 0 bridgehead atoms. The van der Waals surface area contributed by atoms with E-state index in [1.807, 2.05) is 12.1 Å². The molecule has 7 heteroatoms. The fourth-order valence-electron chi connectivity index (χ4n) is 3.44. The van der Waals surface area contributed by atoms with Gasteiger partial charge in [-0.15, -0.1) is 0 Å². The van der Waals surface area contributed by atoms with Crippen molar-refractivity contribution < 1.29 is 9.47 Å². The Kier molecular flexibility index (Phi) is 4.10. The Labute approximate surface area is 155 Å². The summed E-state index contributed by atoms with van der Waals surface area (Å²) in [5.41, 5.74) is 4.56. The number of rotatable bonds is 4. The number of fused-ring (bicyclic) bond motifs is 2. The highest BCUT2D eigenvalue weighted by Crippen LogP contribution is 2.36. The predicted molar refractivity (Wildman–Crippen MR) is 103 cm³/mol. The summed E-state index contributed by atoms with van der Waals surface area (Å²) >= 11 is 1.72. The molecule has 1 saturated heterocycles. The Morgan fingerprint density at radius 1 is 1.08 bits per heavy atom. The largest absolute Gasteiger partial charge is 0.454 e. The number of hydrogen-bond acceptors (Lipinski definition) is 6. The zero-order valence-electron chi connectivity index (χ0n) is 14.3. The van der Waals surface area contributed by atoms with Crippen LogP contribution in [0.15, 0.2) is 41.6 Å². The predicted octanol–water partition coefficient (Wildman–Crippen LogP) is 2.99. The summed E-state index contributed by atoms with van der Waals surface area (Å²) in [4.78, 5) is 10.5. The molecule has 0 atom stereocenters. The molecule has 1 fully saturated rings. The van der Waals surface area contributed by atoms with E-state index in [4.69, 9.17) is 14.5 Å². The third kappa shape index (κ3) is 2.97. The van der Waals surface area contributed by atoms with E-state index in [-0.39, 0.29) is 6.79 Å². The second kappa shape index (κ2) is 6.74. The van der Waals surface area contributed by atoms with Crippen molar-refractivity contribution in [3.8, 4) is 11.5 Å². The molecule has 2 aliphatic heterocycles. The van der Waals surface area contributed by atoms with Crippen molar-refractivity contribution >= 4 is 28.5 Å². The van der Waals surface area contributed by atoms with Crippen molar-refractivity contribution in [2.45, 2.75) is 10.9 Å². The van der Waals surface area contributed by atoms with Gasteiger partial charge in [-0.1, -0.05) is 30.0 Å². The van der Waals surface area contributed by atoms with Crippen molar-refractivity contribution in [2.24, 2.45) is 0 Å². The first kappa shape index (κ1) is 15.8. The van der Waals surface area contributed by atoms with Crippen molar-refractivity contribution in [3.05, 3.63) is 42.0 Å². The number of nitrogens with zero attached hydrogens (tertiary/aromatic N) is 2. The number of thioether (sulfide) groups is 1. The van der Waals surface area contributed by atoms with Gasteiger partial charge >= 0.3 is 0 Å². The standard InChI is InChI=1S/C19H20N4O2S/c1-2-4-16(23-7-5-20-6-8-23)13(3-1)11-26-19-21-14-9-17-18(25-12-24-17)10-15(14)22-19/h1-4,9-10,20H,5-8,11-12H2,(H,21,22). The van der Waals surface area contributed by atoms with Crippen molar-refractivity contribution in [1.82, 2.24) is 15.3 Å². The topological polar surface area (TPSA) is 62.4 Å². The van der Waals surface area contributed by atoms with E-state index in [0.29, 0.717) is 0 Å². The van der Waals surface area contributed by atoms with Crippen LogP contribution in [0.5, 0.6) is 11.5 Å². The lowest BCUT2D eigenvalue weighted by molar-refractivity contribution is 0.174. The van der Waals surface area contributed by atoms with E-state index in [1.54, 1.807) is 11.8 Å². The number of aromatic amines is 1. The van der Waals surface area contributed by atoms with Gasteiger partial charge in [-0.25, -0.2) is 4.98 Å². The Bertz CT molecular complexity index is 895. The first-order valence-electron chi connectivity index (χ1n) is 8.82. The quantitative estimate of drug-likeness (QED) is 0.691. The van der Waals surface area contributed by atoms with Crippen LogP contribution in [-0.4, -0.2) is 42.9 Å². The van der Waals surface area contributed by atoms with Gasteiger partial charge in [0.2, 0.25) is 6.79 Å². The molecule has 26 heavy (non-hydrogen) atoms. The van der Waals surface area contributed by atoms with Crippen LogP contribution in [0.2, 0.25) is 0 Å². The molecular formula is C19H20N4O2S. The van der Waals surface area contributed by atoms with Crippen LogP contribution in [0.25, 0.3) is 11.0 Å². The second-order valence-electron chi connectivity index (χ2n) is 6.42. The van der Waals surface area contributed by atoms with Gasteiger partial charge in [0.25, 0.3) is 0 Å². The summed E-state index contributed by atoms with van der Waals surface area (Å²) in [6.45, 7) is 4.47. The summed E-state index contributed by atoms with van der Waals surface area (Å²) in [5, 5.41) is 4.33. The molecule has 134 valence electrons. The highest BCUT2D eigenvalue weighted by atomic mass is 32.2. The van der Waals surface area contributed by atoms with Crippen molar-refractivity contribution in [2.75, 3.05) is 37.9 Å². The number of nitrogens with one attached hydrogen (secondary N) is 2. The first-order valence-corrected chi connectivity index (χ1v) is 9.81. The third-order valence-corrected chi connectivity index (χ3v) is 5.69. The highest BCUT2D eigenvalue weighted by Gasteiger charge is 2.17. The molecule has 0 radical (unpaired) electrons. The smallest absolute Gasteiger partial charge is 0.231 e. The number of para-hydroxylation sites is 1. The summed E-state index contributed by atoms with van der Waals surface area (Å²) in [6, 6.07) is 12.6. The monoisotopic (exact) mass is 368 g/mol. The van der Waals surface area contributed by atoms with Gasteiger partial charge in [0.05, 0.1) is 11.0 Å². The Morgan fingerprint density at radius 3 is 2.77 bits per heavy atom. The van der Waals surface area contributed by atoms with Gasteiger partial charge in [-0.3, -0.25) is 0 Å². The van der Waals surface area contributed by atoms with Gasteiger partial charge in [0, 0.05) is 49.8 Å². The minimum absolute atomic E-state index is 0.284. The summed E-state index contributed by atoms with van der Waals surface area (Å²) in [6.07, 6.45) is 0. The molecular weight excluding hydrogens is 348 g/mol. The first-order chi connectivity index (χ1) is 12.9. The van der Waals surface area contributed by atoms with Crippen LogP contribution in [0, 0.1) is 0 Å². The average Bonchev–Trinajstić information content (AvgIpc) is 3.30. The van der Waals surface area contributed by atoms with Crippen molar-refractivity contribution in [3.63, 3.8) is 0 Å². The number of anilines is 1.